The number of hydrogen-bond donors (Lipinski definition) is 0. The van der Waals surface area contributed by atoms with E-state index >= 15 is 0 Å². The molecule has 0 aliphatic heterocycles. The number of hydrogen-bond acceptors (Lipinski definition) is 2. The third kappa shape index (κ3) is 2.97. The van der Waals surface area contributed by atoms with Crippen LogP contribution in [0.4, 0.5) is 0 Å². The number of carbonyl (C=O) groups excluding carboxylic acids is 1. The fraction of sp³-hybridized carbons (Fsp3) is 0.417. The number of ketones is 1. The first kappa shape index (κ1) is 13.5. The highest BCUT2D eigenvalue weighted by molar-refractivity contribution is 6.42. The minimum Gasteiger partial charge on any atom is -0.368 e. The molecule has 0 atom stereocenters. The van der Waals surface area contributed by atoms with Gasteiger partial charge >= 0.3 is 0 Å². The number of Topliss-reactive ketones (excluding diaryl/α,β-unsaturated/α-hetero) is 1. The van der Waals surface area contributed by atoms with E-state index in [-0.39, 0.29) is 5.78 Å². The normalized spacial score (nSPS) is 11.6. The lowest BCUT2D eigenvalue weighted by Gasteiger charge is -2.23. The van der Waals surface area contributed by atoms with Crippen LogP contribution in [-0.4, -0.2) is 18.0 Å². The molecule has 0 amide bonds. The van der Waals surface area contributed by atoms with Gasteiger partial charge in [-0.3, -0.25) is 4.79 Å². The molecule has 1 aromatic carbocycles. The molecule has 0 N–H and O–H groups in total. The van der Waals surface area contributed by atoms with E-state index in [0.717, 1.165) is 0 Å². The van der Waals surface area contributed by atoms with Crippen LogP contribution in [0.2, 0.25) is 10.0 Å². The summed E-state index contributed by atoms with van der Waals surface area (Å²) in [6.45, 7) is 5.81. The van der Waals surface area contributed by atoms with Gasteiger partial charge in [-0.05, 0) is 39.0 Å². The highest BCUT2D eigenvalue weighted by Crippen LogP contribution is 2.25. The molecule has 0 bridgehead atoms. The van der Waals surface area contributed by atoms with Gasteiger partial charge in [-0.2, -0.15) is 0 Å². The minimum atomic E-state index is -0.841. The molecule has 88 valence electrons. The maximum absolute atomic E-state index is 12.1. The largest absolute Gasteiger partial charge is 0.368 e. The molecule has 4 heteroatoms. The molecule has 1 rings (SSSR count). The maximum atomic E-state index is 12.1. The summed E-state index contributed by atoms with van der Waals surface area (Å²) in [6, 6.07) is 4.82. The van der Waals surface area contributed by atoms with E-state index in [4.69, 9.17) is 27.9 Å². The number of carbonyl (C=O) groups is 1. The topological polar surface area (TPSA) is 26.3 Å². The van der Waals surface area contributed by atoms with Gasteiger partial charge in [-0.1, -0.05) is 23.2 Å². The van der Waals surface area contributed by atoms with Crippen LogP contribution < -0.4 is 0 Å². The second-order valence-corrected chi connectivity index (χ2v) is 4.72. The Kier molecular flexibility index (Phi) is 4.36. The number of benzene rings is 1. The number of rotatable bonds is 4. The monoisotopic (exact) mass is 260 g/mol. The van der Waals surface area contributed by atoms with Crippen LogP contribution in [0.5, 0.6) is 0 Å². The molecule has 0 unspecified atom stereocenters. The average molecular weight is 261 g/mol. The van der Waals surface area contributed by atoms with Crippen molar-refractivity contribution in [2.24, 2.45) is 0 Å². The molecule has 16 heavy (non-hydrogen) atoms. The van der Waals surface area contributed by atoms with Gasteiger partial charge in [0.2, 0.25) is 0 Å². The van der Waals surface area contributed by atoms with Crippen LogP contribution >= 0.6 is 23.2 Å². The van der Waals surface area contributed by atoms with Crippen LogP contribution in [0.15, 0.2) is 18.2 Å². The van der Waals surface area contributed by atoms with Crippen molar-refractivity contribution in [3.05, 3.63) is 33.8 Å². The van der Waals surface area contributed by atoms with Gasteiger partial charge in [-0.15, -0.1) is 0 Å². The zero-order valence-electron chi connectivity index (χ0n) is 9.51. The van der Waals surface area contributed by atoms with Gasteiger partial charge in [0.25, 0.3) is 0 Å². The summed E-state index contributed by atoms with van der Waals surface area (Å²) in [6.07, 6.45) is 0. The molecule has 0 fully saturated rings. The van der Waals surface area contributed by atoms with Crippen molar-refractivity contribution in [3.63, 3.8) is 0 Å². The lowest BCUT2D eigenvalue weighted by atomic mass is 9.96. The summed E-state index contributed by atoms with van der Waals surface area (Å²) in [7, 11) is 0. The summed E-state index contributed by atoms with van der Waals surface area (Å²) in [4.78, 5) is 12.1. The Morgan fingerprint density at radius 1 is 1.31 bits per heavy atom. The van der Waals surface area contributed by atoms with E-state index in [9.17, 15) is 4.79 Å². The summed E-state index contributed by atoms with van der Waals surface area (Å²) in [5.74, 6) is -0.104. The van der Waals surface area contributed by atoms with Gasteiger partial charge in [0.1, 0.15) is 5.60 Å². The van der Waals surface area contributed by atoms with Crippen molar-refractivity contribution in [3.8, 4) is 0 Å². The summed E-state index contributed by atoms with van der Waals surface area (Å²) >= 11 is 11.6. The smallest absolute Gasteiger partial charge is 0.194 e. The second-order valence-electron chi connectivity index (χ2n) is 3.90. The first-order chi connectivity index (χ1) is 7.38. The maximum Gasteiger partial charge on any atom is 0.194 e. The van der Waals surface area contributed by atoms with E-state index in [1.54, 1.807) is 32.0 Å². The summed E-state index contributed by atoms with van der Waals surface area (Å²) in [5.41, 5.74) is -0.334. The van der Waals surface area contributed by atoms with Gasteiger partial charge in [0.05, 0.1) is 10.0 Å². The molecule has 0 aliphatic rings. The highest BCUT2D eigenvalue weighted by atomic mass is 35.5. The summed E-state index contributed by atoms with van der Waals surface area (Å²) in [5, 5.41) is 0.812. The third-order valence-corrected chi connectivity index (χ3v) is 2.97. The lowest BCUT2D eigenvalue weighted by Crippen LogP contribution is -2.35. The van der Waals surface area contributed by atoms with Crippen molar-refractivity contribution in [1.82, 2.24) is 0 Å². The molecule has 0 aromatic heterocycles. The van der Waals surface area contributed by atoms with E-state index in [2.05, 4.69) is 0 Å². The van der Waals surface area contributed by atoms with Crippen molar-refractivity contribution in [1.29, 1.82) is 0 Å². The highest BCUT2D eigenvalue weighted by Gasteiger charge is 2.29. The predicted molar refractivity (Wildman–Crippen MR) is 66.5 cm³/mol. The van der Waals surface area contributed by atoms with Gasteiger partial charge < -0.3 is 4.74 Å². The zero-order valence-corrected chi connectivity index (χ0v) is 11.0. The van der Waals surface area contributed by atoms with Crippen molar-refractivity contribution in [2.45, 2.75) is 26.4 Å². The molecule has 0 spiro atoms. The lowest BCUT2D eigenvalue weighted by molar-refractivity contribution is 0.00126. The van der Waals surface area contributed by atoms with Crippen LogP contribution in [0, 0.1) is 0 Å². The van der Waals surface area contributed by atoms with Crippen LogP contribution in [0.3, 0.4) is 0 Å². The standard InChI is InChI=1S/C12H14Cl2O2/c1-4-16-12(2,3)11(15)8-5-6-9(13)10(14)7-8/h5-7H,4H2,1-3H3. The van der Waals surface area contributed by atoms with Gasteiger partial charge in [0.15, 0.2) is 5.78 Å². The van der Waals surface area contributed by atoms with E-state index in [0.29, 0.717) is 22.2 Å². The molecule has 0 heterocycles. The van der Waals surface area contributed by atoms with Gasteiger partial charge in [-0.25, -0.2) is 0 Å². The van der Waals surface area contributed by atoms with Gasteiger partial charge in [0, 0.05) is 12.2 Å². The Labute approximate surface area is 106 Å². The average Bonchev–Trinajstić information content (AvgIpc) is 2.21. The molecule has 0 saturated carbocycles. The Balaban J connectivity index is 3.01. The third-order valence-electron chi connectivity index (χ3n) is 2.23. The minimum absolute atomic E-state index is 0.104. The SMILES string of the molecule is CCOC(C)(C)C(=O)c1ccc(Cl)c(Cl)c1. The van der Waals surface area contributed by atoms with Crippen molar-refractivity contribution >= 4 is 29.0 Å². The molecule has 0 saturated heterocycles. The van der Waals surface area contributed by atoms with Crippen LogP contribution in [-0.2, 0) is 4.74 Å². The van der Waals surface area contributed by atoms with E-state index in [1.165, 1.54) is 0 Å². The fourth-order valence-corrected chi connectivity index (χ4v) is 1.71. The van der Waals surface area contributed by atoms with E-state index in [1.807, 2.05) is 6.92 Å². The van der Waals surface area contributed by atoms with Crippen molar-refractivity contribution in [2.75, 3.05) is 6.61 Å². The zero-order chi connectivity index (χ0) is 12.3. The predicted octanol–water partition coefficient (Wildman–Crippen LogP) is 3.99. The van der Waals surface area contributed by atoms with E-state index < -0.39 is 5.60 Å². The molecular weight excluding hydrogens is 247 g/mol. The Morgan fingerprint density at radius 3 is 2.44 bits per heavy atom. The number of halogens is 2. The Hall–Kier alpha value is -0.570. The first-order valence-electron chi connectivity index (χ1n) is 5.02. The quantitative estimate of drug-likeness (QED) is 0.766. The summed E-state index contributed by atoms with van der Waals surface area (Å²) < 4.78 is 5.39. The molecule has 0 radical (unpaired) electrons. The van der Waals surface area contributed by atoms with Crippen LogP contribution in [0.1, 0.15) is 31.1 Å². The molecule has 2 nitrogen and oxygen atoms in total. The fourth-order valence-electron chi connectivity index (χ4n) is 1.41. The first-order valence-corrected chi connectivity index (χ1v) is 5.78. The van der Waals surface area contributed by atoms with Crippen molar-refractivity contribution < 1.29 is 9.53 Å². The molecule has 1 aromatic rings. The molecule has 0 aliphatic carbocycles. The van der Waals surface area contributed by atoms with Crippen LogP contribution in [0.25, 0.3) is 0 Å². The Morgan fingerprint density at radius 2 is 1.94 bits per heavy atom. The second kappa shape index (κ2) is 5.17. The Bertz CT molecular complexity index is 400. The molecular formula is C12H14Cl2O2. The number of ether oxygens (including phenoxy) is 1.